The number of amides is 4. The number of ether oxygens (including phenoxy) is 4. The van der Waals surface area contributed by atoms with E-state index in [4.69, 9.17) is 65.4 Å². The minimum atomic E-state index is -3.79. The number of hydrogen-bond acceptors (Lipinski definition) is 12. The molecule has 2 aliphatic rings. The summed E-state index contributed by atoms with van der Waals surface area (Å²) >= 11 is 25.7. The van der Waals surface area contributed by atoms with E-state index >= 15 is 0 Å². The predicted octanol–water partition coefficient (Wildman–Crippen LogP) is 6.16. The van der Waals surface area contributed by atoms with Crippen LogP contribution in [0.5, 0.6) is 0 Å². The Morgan fingerprint density at radius 1 is 0.514 bits per heavy atom. The van der Waals surface area contributed by atoms with Crippen molar-refractivity contribution in [3.63, 3.8) is 0 Å². The molecular weight excluding hydrogens is 1080 g/mol. The van der Waals surface area contributed by atoms with E-state index < -0.39 is 20.0 Å². The van der Waals surface area contributed by atoms with Gasteiger partial charge in [-0.05, 0) is 109 Å². The lowest BCUT2D eigenvalue weighted by Gasteiger charge is -2.33. The van der Waals surface area contributed by atoms with Crippen molar-refractivity contribution >= 4 is 78.5 Å². The average molecular weight is 1150 g/mol. The first-order valence-electron chi connectivity index (χ1n) is 24.4. The summed E-state index contributed by atoms with van der Waals surface area (Å²) in [7, 11) is -3.52. The first-order valence-corrected chi connectivity index (χ1v) is 28.8. The number of carbonyl (C=O) groups excluding carboxylic acids is 2. The molecule has 0 spiro atoms. The van der Waals surface area contributed by atoms with Crippen molar-refractivity contribution in [3.05, 3.63) is 126 Å². The number of hydrogen-bond donors (Lipinski definition) is 6. The summed E-state index contributed by atoms with van der Waals surface area (Å²) in [5, 5.41) is 13.3. The number of nitrogens with zero attached hydrogens (tertiary/aromatic N) is 2. The number of rotatable bonds is 29. The third-order valence-electron chi connectivity index (χ3n) is 12.2. The van der Waals surface area contributed by atoms with E-state index in [-0.39, 0.29) is 106 Å². The van der Waals surface area contributed by atoms with Gasteiger partial charge < -0.3 is 50.0 Å². The maximum absolute atomic E-state index is 13.1. The lowest BCUT2D eigenvalue weighted by molar-refractivity contribution is 0.0516. The van der Waals surface area contributed by atoms with Gasteiger partial charge >= 0.3 is 12.1 Å². The third kappa shape index (κ3) is 18.4. The molecule has 4 aromatic rings. The minimum absolute atomic E-state index is 0.0000490. The van der Waals surface area contributed by atoms with Gasteiger partial charge in [-0.3, -0.25) is 0 Å². The Bertz CT molecular complexity index is 2710. The van der Waals surface area contributed by atoms with E-state index in [2.05, 4.69) is 40.5 Å². The van der Waals surface area contributed by atoms with Crippen LogP contribution in [0.4, 0.5) is 9.59 Å². The summed E-state index contributed by atoms with van der Waals surface area (Å²) in [5.41, 5.74) is 5.88. The zero-order valence-corrected chi connectivity index (χ0v) is 46.2. The predicted molar refractivity (Wildman–Crippen MR) is 288 cm³/mol. The highest BCUT2D eigenvalue weighted by Crippen LogP contribution is 2.40. The van der Waals surface area contributed by atoms with E-state index in [0.29, 0.717) is 72.2 Å². The summed E-state index contributed by atoms with van der Waals surface area (Å²) in [5.74, 6) is -0.0949. The number of urea groups is 2. The molecule has 0 aromatic heterocycles. The molecule has 74 heavy (non-hydrogen) atoms. The van der Waals surface area contributed by atoms with Crippen LogP contribution >= 0.6 is 46.4 Å². The van der Waals surface area contributed by atoms with Crippen molar-refractivity contribution in [2.75, 3.05) is 119 Å². The lowest BCUT2D eigenvalue weighted by atomic mass is 9.85. The Labute approximate surface area is 454 Å². The highest BCUT2D eigenvalue weighted by atomic mass is 35.5. The zero-order chi connectivity index (χ0) is 53.1. The smallest absolute Gasteiger partial charge is 0.314 e. The second-order valence-electron chi connectivity index (χ2n) is 17.9. The van der Waals surface area contributed by atoms with E-state index in [1.807, 2.05) is 44.4 Å². The number of fused-ring (bicyclic) bond motifs is 2. The molecule has 4 aromatic carbocycles. The molecule has 2 heterocycles. The second-order valence-corrected chi connectivity index (χ2v) is 23.1. The van der Waals surface area contributed by atoms with Gasteiger partial charge in [0, 0.05) is 97.4 Å². The standard InChI is InChI=1S/C50H66Cl4N8O10S2/c1-61-31-43(41-27-37(51)29-47(53)45(41)33-61)35-8-10-39(11-9-35)73(65,66)59-16-20-71-24-22-69-18-14-57-49(63)55-12-3-4-13-56-50(64)58-15-19-70-23-25-72-21-17-60-74(67,68)40-7-5-6-36(26-40)44-32-62(2)34-46-42(44)28-38(52)30-48(46)54/h5-11,26-30,43-44,59-60H,3-4,12-25,31-34H2,1-2H3,(H2,55,57,63)(H2,56,58,64)/t43-,44-/m0/s1. The maximum atomic E-state index is 13.1. The summed E-state index contributed by atoms with van der Waals surface area (Å²) in [4.78, 5) is 28.8. The molecule has 24 heteroatoms. The Kier molecular flexibility index (Phi) is 23.8. The number of unbranched alkanes of at least 4 members (excludes halogenated alkanes) is 1. The van der Waals surface area contributed by atoms with Crippen molar-refractivity contribution in [1.82, 2.24) is 40.5 Å². The van der Waals surface area contributed by atoms with E-state index in [0.717, 1.165) is 39.9 Å². The average Bonchev–Trinajstić information content (AvgIpc) is 3.36. The van der Waals surface area contributed by atoms with Crippen LogP contribution in [0.15, 0.2) is 82.6 Å². The monoisotopic (exact) mass is 1140 g/mol. The summed E-state index contributed by atoms with van der Waals surface area (Å²) in [6, 6.07) is 20.4. The molecule has 0 fully saturated rings. The fourth-order valence-corrected chi connectivity index (χ4v) is 11.8. The fraction of sp³-hybridized carbons (Fsp3) is 0.480. The van der Waals surface area contributed by atoms with Gasteiger partial charge in [-0.25, -0.2) is 35.9 Å². The largest absolute Gasteiger partial charge is 0.378 e. The molecule has 6 N–H and O–H groups in total. The molecule has 0 bridgehead atoms. The van der Waals surface area contributed by atoms with E-state index in [9.17, 15) is 26.4 Å². The molecule has 4 amide bonds. The van der Waals surface area contributed by atoms with Crippen LogP contribution in [0, 0.1) is 0 Å². The van der Waals surface area contributed by atoms with Crippen LogP contribution in [0.25, 0.3) is 0 Å². The van der Waals surface area contributed by atoms with Crippen molar-refractivity contribution in [3.8, 4) is 0 Å². The molecule has 6 rings (SSSR count). The van der Waals surface area contributed by atoms with Crippen LogP contribution in [0.1, 0.15) is 58.1 Å². The Balaban J connectivity index is 0.701. The van der Waals surface area contributed by atoms with E-state index in [1.54, 1.807) is 42.5 Å². The van der Waals surface area contributed by atoms with Crippen molar-refractivity contribution in [2.45, 2.75) is 47.6 Å². The van der Waals surface area contributed by atoms with Crippen LogP contribution in [-0.4, -0.2) is 158 Å². The lowest BCUT2D eigenvalue weighted by Crippen LogP contribution is -2.39. The number of benzene rings is 4. The van der Waals surface area contributed by atoms with Gasteiger partial charge in [0.25, 0.3) is 0 Å². The van der Waals surface area contributed by atoms with Crippen LogP contribution in [0.2, 0.25) is 20.1 Å². The Hall–Kier alpha value is -3.84. The van der Waals surface area contributed by atoms with Crippen LogP contribution in [0.3, 0.4) is 0 Å². The number of nitrogens with one attached hydrogen (secondary N) is 6. The number of carbonyl (C=O) groups is 2. The van der Waals surface area contributed by atoms with Crippen molar-refractivity contribution in [1.29, 1.82) is 0 Å². The van der Waals surface area contributed by atoms with Gasteiger partial charge in [0.05, 0.1) is 62.6 Å². The quantitative estimate of drug-likeness (QED) is 0.0337. The molecule has 2 aliphatic heterocycles. The Morgan fingerprint density at radius 2 is 0.932 bits per heavy atom. The third-order valence-corrected chi connectivity index (χ3v) is 16.3. The summed E-state index contributed by atoms with van der Waals surface area (Å²) in [6.07, 6.45) is 1.31. The van der Waals surface area contributed by atoms with Gasteiger partial charge in [0.15, 0.2) is 0 Å². The number of halogens is 4. The van der Waals surface area contributed by atoms with Crippen molar-refractivity contribution in [2.24, 2.45) is 0 Å². The van der Waals surface area contributed by atoms with Crippen LogP contribution < -0.4 is 30.7 Å². The molecule has 0 aliphatic carbocycles. The SMILES string of the molecule is CN1Cc2c(Cl)cc(Cl)cc2[C@H](c2ccc(S(=O)(=O)NCCOCCOCCNC(=O)NCCCCNC(=O)NCCOCCOCCNS(=O)(=O)c3cccc([C@@H]4CN(C)Cc5c(Cl)cc(Cl)cc54)c3)cc2)C1. The van der Waals surface area contributed by atoms with Gasteiger partial charge in [0.1, 0.15) is 0 Å². The van der Waals surface area contributed by atoms with Crippen LogP contribution in [-0.2, 0) is 52.1 Å². The first-order chi connectivity index (χ1) is 35.5. The molecule has 0 radical (unpaired) electrons. The van der Waals surface area contributed by atoms with Gasteiger partial charge in [-0.15, -0.1) is 0 Å². The topological polar surface area (TPSA) is 218 Å². The first kappa shape index (κ1) is 59.4. The second kappa shape index (κ2) is 29.6. The van der Waals surface area contributed by atoms with Gasteiger partial charge in [-0.2, -0.15) is 0 Å². The maximum Gasteiger partial charge on any atom is 0.314 e. The molecule has 2 atom stereocenters. The molecule has 18 nitrogen and oxygen atoms in total. The minimum Gasteiger partial charge on any atom is -0.378 e. The zero-order valence-electron chi connectivity index (χ0n) is 41.5. The number of likely N-dealkylation sites (N-methyl/N-ethyl adjacent to an activating group) is 2. The van der Waals surface area contributed by atoms with Gasteiger partial charge in [-0.1, -0.05) is 70.7 Å². The van der Waals surface area contributed by atoms with Crippen molar-refractivity contribution < 1.29 is 45.4 Å². The fourth-order valence-electron chi connectivity index (χ4n) is 8.60. The van der Waals surface area contributed by atoms with Gasteiger partial charge in [0.2, 0.25) is 20.0 Å². The summed E-state index contributed by atoms with van der Waals surface area (Å²) < 4.78 is 79.3. The number of sulfonamides is 2. The summed E-state index contributed by atoms with van der Waals surface area (Å²) in [6.45, 7) is 6.31. The highest BCUT2D eigenvalue weighted by molar-refractivity contribution is 7.89. The molecule has 0 saturated heterocycles. The molecule has 0 saturated carbocycles. The molecular formula is C50H66Cl4N8O10S2. The van der Waals surface area contributed by atoms with E-state index in [1.165, 1.54) is 0 Å². The molecule has 406 valence electrons. The normalized spacial score (nSPS) is 16.1. The Morgan fingerprint density at radius 3 is 1.41 bits per heavy atom. The highest BCUT2D eigenvalue weighted by Gasteiger charge is 2.29. The molecule has 0 unspecified atom stereocenters.